The molecule has 2 fully saturated rings. The molecule has 1 saturated heterocycles. The van der Waals surface area contributed by atoms with Gasteiger partial charge in [-0.1, -0.05) is 37.1 Å². The third-order valence-corrected chi connectivity index (χ3v) is 9.12. The first-order valence-corrected chi connectivity index (χ1v) is 16.5. The summed E-state index contributed by atoms with van der Waals surface area (Å²) in [5.74, 6) is -2.38. The average Bonchev–Trinajstić information content (AvgIpc) is 3.33. The van der Waals surface area contributed by atoms with Crippen LogP contribution in [0.1, 0.15) is 76.8 Å². The largest absolute Gasteiger partial charge is 0.444 e. The summed E-state index contributed by atoms with van der Waals surface area (Å²) >= 11 is 0. The molecular formula is C34H43FN6O7. The molecule has 5 rings (SSSR count). The minimum atomic E-state index is -1.30. The lowest BCUT2D eigenvalue weighted by Crippen LogP contribution is -2.58. The highest BCUT2D eigenvalue weighted by molar-refractivity contribution is 5.98. The molecule has 0 bridgehead atoms. The number of nitrogens with one attached hydrogen (secondary N) is 3. The molecule has 4 aliphatic rings. The highest BCUT2D eigenvalue weighted by atomic mass is 19.1. The molecule has 3 heterocycles. The van der Waals surface area contributed by atoms with Crippen LogP contribution in [0.4, 0.5) is 14.0 Å². The normalized spacial score (nSPS) is 27.9. The zero-order valence-electron chi connectivity index (χ0n) is 27.6. The number of nitrogens with zero attached hydrogens (tertiary/aromatic N) is 3. The van der Waals surface area contributed by atoms with E-state index in [0.29, 0.717) is 24.0 Å². The van der Waals surface area contributed by atoms with Gasteiger partial charge in [0.25, 0.3) is 0 Å². The number of allylic oxidation sites excluding steroid dienone is 1. The topological polar surface area (TPSA) is 170 Å². The van der Waals surface area contributed by atoms with E-state index in [0.717, 1.165) is 19.3 Å². The lowest BCUT2D eigenvalue weighted by Gasteiger charge is -2.30. The van der Waals surface area contributed by atoms with Crippen LogP contribution in [0.5, 0.6) is 0 Å². The van der Waals surface area contributed by atoms with Crippen LogP contribution in [0.15, 0.2) is 30.4 Å². The Kier molecular flexibility index (Phi) is 10.3. The van der Waals surface area contributed by atoms with E-state index in [1.807, 2.05) is 18.2 Å². The van der Waals surface area contributed by atoms with Gasteiger partial charge in [-0.3, -0.25) is 19.3 Å². The molecule has 1 saturated carbocycles. The first-order chi connectivity index (χ1) is 22.8. The molecule has 0 radical (unpaired) electrons. The summed E-state index contributed by atoms with van der Waals surface area (Å²) in [5.41, 5.74) is -1.03. The highest BCUT2D eigenvalue weighted by Gasteiger charge is 2.61. The van der Waals surface area contributed by atoms with Gasteiger partial charge in [-0.2, -0.15) is 5.26 Å². The second-order valence-corrected chi connectivity index (χ2v) is 13.9. The molecule has 0 spiro atoms. The van der Waals surface area contributed by atoms with Crippen LogP contribution in [-0.2, 0) is 36.9 Å². The molecule has 3 N–H and O–H groups in total. The number of ether oxygens (including phenoxy) is 2. The smallest absolute Gasteiger partial charge is 0.410 e. The Morgan fingerprint density at radius 1 is 1.17 bits per heavy atom. The van der Waals surface area contributed by atoms with Gasteiger partial charge in [-0.25, -0.2) is 14.0 Å². The molecule has 1 aliphatic carbocycles. The number of alkyl carbamates (subject to hydrolysis) is 1. The van der Waals surface area contributed by atoms with Crippen LogP contribution >= 0.6 is 0 Å². The van der Waals surface area contributed by atoms with Crippen molar-refractivity contribution in [3.05, 3.63) is 47.3 Å². The van der Waals surface area contributed by atoms with E-state index in [4.69, 9.17) is 14.7 Å². The van der Waals surface area contributed by atoms with Crippen molar-refractivity contribution in [2.45, 2.75) is 108 Å². The minimum Gasteiger partial charge on any atom is -0.444 e. The zero-order valence-corrected chi connectivity index (χ0v) is 27.6. The van der Waals surface area contributed by atoms with Crippen molar-refractivity contribution in [3.63, 3.8) is 0 Å². The maximum absolute atomic E-state index is 14.3. The number of hydrogen-bond donors (Lipinski definition) is 3. The lowest BCUT2D eigenvalue weighted by molar-refractivity contribution is -0.141. The molecule has 1 aromatic carbocycles. The summed E-state index contributed by atoms with van der Waals surface area (Å²) < 4.78 is 25.6. The van der Waals surface area contributed by atoms with E-state index in [2.05, 4.69) is 16.0 Å². The van der Waals surface area contributed by atoms with Crippen LogP contribution in [0.3, 0.4) is 0 Å². The van der Waals surface area contributed by atoms with Crippen molar-refractivity contribution in [2.75, 3.05) is 13.1 Å². The van der Waals surface area contributed by atoms with Crippen LogP contribution in [0.2, 0.25) is 0 Å². The molecule has 5 atom stereocenters. The van der Waals surface area contributed by atoms with Crippen molar-refractivity contribution in [3.8, 4) is 6.07 Å². The van der Waals surface area contributed by atoms with Gasteiger partial charge >= 0.3 is 12.2 Å². The SMILES string of the molecule is CC(C)(C)OC(=O)N[C@H]1CCCCC/C=C\[C@@H]2C[C@@]2(C(=O)NCC#N)NC(=O)[C@@H]2C[C@@H](OC(=O)N3Cc4cccc(F)c4C3)CN2C1=O. The van der Waals surface area contributed by atoms with Gasteiger partial charge in [-0.05, 0) is 58.1 Å². The Balaban J connectivity index is 1.39. The molecule has 1 aromatic rings. The van der Waals surface area contributed by atoms with Crippen LogP contribution in [0, 0.1) is 23.1 Å². The quantitative estimate of drug-likeness (QED) is 0.325. The summed E-state index contributed by atoms with van der Waals surface area (Å²) in [4.78, 5) is 70.1. The maximum atomic E-state index is 14.3. The average molecular weight is 667 g/mol. The Labute approximate surface area is 279 Å². The first-order valence-electron chi connectivity index (χ1n) is 16.5. The molecule has 48 heavy (non-hydrogen) atoms. The van der Waals surface area contributed by atoms with Gasteiger partial charge in [0, 0.05) is 24.4 Å². The van der Waals surface area contributed by atoms with Crippen LogP contribution in [-0.4, -0.2) is 82.1 Å². The molecule has 13 nitrogen and oxygen atoms in total. The Hall–Kier alpha value is -4.67. The predicted octanol–water partition coefficient (Wildman–Crippen LogP) is 3.18. The van der Waals surface area contributed by atoms with Crippen LogP contribution in [0.25, 0.3) is 0 Å². The van der Waals surface area contributed by atoms with E-state index in [-0.39, 0.29) is 44.9 Å². The molecule has 14 heteroatoms. The third kappa shape index (κ3) is 7.89. The monoisotopic (exact) mass is 666 g/mol. The fourth-order valence-electron chi connectivity index (χ4n) is 6.62. The lowest BCUT2D eigenvalue weighted by atomic mass is 10.0. The number of hydrogen-bond acceptors (Lipinski definition) is 8. The van der Waals surface area contributed by atoms with Gasteiger partial charge in [0.05, 0.1) is 19.2 Å². The van der Waals surface area contributed by atoms with Crippen molar-refractivity contribution < 1.29 is 37.8 Å². The minimum absolute atomic E-state index is 0.0250. The van der Waals surface area contributed by atoms with Crippen molar-refractivity contribution in [1.29, 1.82) is 5.26 Å². The fraction of sp³-hybridized carbons (Fsp3) is 0.588. The summed E-state index contributed by atoms with van der Waals surface area (Å²) in [6.45, 7) is 4.93. The Bertz CT molecular complexity index is 1520. The summed E-state index contributed by atoms with van der Waals surface area (Å²) in [6.07, 6.45) is 4.95. The Morgan fingerprint density at radius 2 is 1.96 bits per heavy atom. The van der Waals surface area contributed by atoms with Crippen molar-refractivity contribution in [2.24, 2.45) is 5.92 Å². The molecule has 258 valence electrons. The standard InChI is InChI=1S/C34H43FN6O7/c1-33(2,3)48-31(45)38-26-13-8-6-4-5-7-11-22-17-34(22,30(44)37-15-14-36)39-28(42)27-16-23(19-41(27)29(26)43)47-32(46)40-18-21-10-9-12-25(35)24(21)20-40/h7,9-12,22-23,26-27H,4-6,8,13,15-20H2,1-3H3,(H,37,44)(H,38,45)(H,39,42)/b11-7-/t22-,23-,26+,27+,34-/m1/s1. The van der Waals surface area contributed by atoms with Gasteiger partial charge in [0.2, 0.25) is 17.7 Å². The molecule has 3 aliphatic heterocycles. The number of fused-ring (bicyclic) bond motifs is 3. The Morgan fingerprint density at radius 3 is 2.69 bits per heavy atom. The number of halogens is 1. The van der Waals surface area contributed by atoms with Gasteiger partial charge in [0.15, 0.2) is 0 Å². The number of benzene rings is 1. The second kappa shape index (κ2) is 14.2. The number of carbonyl (C=O) groups is 5. The second-order valence-electron chi connectivity index (χ2n) is 13.9. The van der Waals surface area contributed by atoms with E-state index in [1.54, 1.807) is 32.9 Å². The number of rotatable bonds is 4. The van der Waals surface area contributed by atoms with E-state index in [1.165, 1.54) is 15.9 Å². The van der Waals surface area contributed by atoms with E-state index in [9.17, 15) is 28.4 Å². The number of nitriles is 1. The summed E-state index contributed by atoms with van der Waals surface area (Å²) in [7, 11) is 0. The predicted molar refractivity (Wildman–Crippen MR) is 169 cm³/mol. The third-order valence-electron chi connectivity index (χ3n) is 9.12. The highest BCUT2D eigenvalue weighted by Crippen LogP contribution is 2.45. The fourth-order valence-corrected chi connectivity index (χ4v) is 6.62. The molecular weight excluding hydrogens is 623 g/mol. The van der Waals surface area contributed by atoms with Crippen molar-refractivity contribution >= 4 is 29.9 Å². The van der Waals surface area contributed by atoms with Gasteiger partial charge in [-0.15, -0.1) is 0 Å². The molecule has 5 amide bonds. The van der Waals surface area contributed by atoms with Gasteiger partial charge < -0.3 is 30.3 Å². The summed E-state index contributed by atoms with van der Waals surface area (Å²) in [6, 6.07) is 4.35. The van der Waals surface area contributed by atoms with E-state index >= 15 is 0 Å². The number of carbonyl (C=O) groups excluding carboxylic acids is 5. The van der Waals surface area contributed by atoms with Crippen LogP contribution < -0.4 is 16.0 Å². The maximum Gasteiger partial charge on any atom is 0.410 e. The summed E-state index contributed by atoms with van der Waals surface area (Å²) in [5, 5.41) is 17.1. The van der Waals surface area contributed by atoms with E-state index < -0.39 is 65.1 Å². The molecule has 0 unspecified atom stereocenters. The van der Waals surface area contributed by atoms with Crippen molar-refractivity contribution in [1.82, 2.24) is 25.8 Å². The van der Waals surface area contributed by atoms with Gasteiger partial charge in [0.1, 0.15) is 41.7 Å². The zero-order chi connectivity index (χ0) is 34.6. The first kappa shape index (κ1) is 34.7. The number of amides is 5. The molecule has 0 aromatic heterocycles.